The first kappa shape index (κ1) is 26.2. The summed E-state index contributed by atoms with van der Waals surface area (Å²) >= 11 is 1.02. The molecule has 3 rings (SSSR count). The van der Waals surface area contributed by atoms with E-state index in [1.165, 1.54) is 6.21 Å². The molecule has 0 bridgehead atoms. The molecular weight excluding hydrogens is 471 g/mol. The highest BCUT2D eigenvalue weighted by Crippen LogP contribution is 2.46. The van der Waals surface area contributed by atoms with E-state index in [9.17, 15) is 27.6 Å². The van der Waals surface area contributed by atoms with E-state index in [0.717, 1.165) is 20.5 Å². The van der Waals surface area contributed by atoms with Crippen LogP contribution in [0.15, 0.2) is 14.6 Å². The molecule has 2 heterocycles. The van der Waals surface area contributed by atoms with Crippen LogP contribution in [0.1, 0.15) is 70.4 Å². The van der Waals surface area contributed by atoms with Crippen molar-refractivity contribution in [2.24, 2.45) is 10.4 Å². The van der Waals surface area contributed by atoms with Crippen LogP contribution in [-0.2, 0) is 16.1 Å². The summed E-state index contributed by atoms with van der Waals surface area (Å²) in [7, 11) is 0. The molecule has 2 aromatic rings. The van der Waals surface area contributed by atoms with E-state index < -0.39 is 42.0 Å². The topological polar surface area (TPSA) is 82.7 Å². The van der Waals surface area contributed by atoms with Gasteiger partial charge in [-0.1, -0.05) is 13.8 Å². The molecule has 0 radical (unpaired) electrons. The maximum absolute atomic E-state index is 13.3. The quantitative estimate of drug-likeness (QED) is 0.428. The first-order chi connectivity index (χ1) is 15.5. The van der Waals surface area contributed by atoms with E-state index >= 15 is 0 Å². The van der Waals surface area contributed by atoms with Gasteiger partial charge < -0.3 is 4.74 Å². The average Bonchev–Trinajstić information content (AvgIpc) is 2.94. The number of carbonyl (C=O) groups is 1. The molecule has 0 aromatic carbocycles. The standard InChI is InChI=1S/C23H30F3N3O4S/c1-13-15(11-27-12-16(30)33-21(2,3)4)34-19-17(13)18(31)29(14-9-22(5,6)10-14)20(32)28(19)8-7-23(24,25)26/h11,14H,7-10,12H2,1-6H3. The molecule has 0 unspecified atom stereocenters. The predicted octanol–water partition coefficient (Wildman–Crippen LogP) is 4.61. The second kappa shape index (κ2) is 8.98. The number of aliphatic imine (C=N–C) groups is 1. The highest BCUT2D eigenvalue weighted by molar-refractivity contribution is 7.20. The molecule has 0 aliphatic heterocycles. The van der Waals surface area contributed by atoms with Gasteiger partial charge in [-0.2, -0.15) is 13.2 Å². The number of thiophene rings is 1. The summed E-state index contributed by atoms with van der Waals surface area (Å²) in [5, 5.41) is 0.218. The van der Waals surface area contributed by atoms with Crippen molar-refractivity contribution >= 4 is 33.7 Å². The van der Waals surface area contributed by atoms with Crippen LogP contribution in [0.2, 0.25) is 0 Å². The van der Waals surface area contributed by atoms with Crippen LogP contribution in [0.4, 0.5) is 13.2 Å². The number of esters is 1. The van der Waals surface area contributed by atoms with Gasteiger partial charge in [0.05, 0.1) is 16.7 Å². The SMILES string of the molecule is Cc1c(C=NCC(=O)OC(C)(C)C)sc2c1c(=O)n(C1CC(C)(C)C1)c(=O)n2CCC(F)(F)F. The summed E-state index contributed by atoms with van der Waals surface area (Å²) in [5.41, 5.74) is -1.39. The average molecular weight is 502 g/mol. The summed E-state index contributed by atoms with van der Waals surface area (Å²) in [6, 6.07) is -0.347. The lowest BCUT2D eigenvalue weighted by Crippen LogP contribution is -2.48. The monoisotopic (exact) mass is 501 g/mol. The molecule has 0 amide bonds. The van der Waals surface area contributed by atoms with Gasteiger partial charge >= 0.3 is 17.8 Å². The molecule has 0 spiro atoms. The van der Waals surface area contributed by atoms with Crippen LogP contribution in [0.25, 0.3) is 10.2 Å². The van der Waals surface area contributed by atoms with Gasteiger partial charge in [0, 0.05) is 18.8 Å². The summed E-state index contributed by atoms with van der Waals surface area (Å²) in [6.45, 7) is 10.1. The first-order valence-corrected chi connectivity index (χ1v) is 11.9. The number of aromatic nitrogens is 2. The van der Waals surface area contributed by atoms with Crippen molar-refractivity contribution in [1.82, 2.24) is 9.13 Å². The zero-order valence-corrected chi connectivity index (χ0v) is 21.0. The Balaban J connectivity index is 2.06. The molecule has 0 N–H and O–H groups in total. The van der Waals surface area contributed by atoms with Crippen molar-refractivity contribution in [1.29, 1.82) is 0 Å². The summed E-state index contributed by atoms with van der Waals surface area (Å²) in [4.78, 5) is 43.2. The van der Waals surface area contributed by atoms with Gasteiger partial charge in [0.2, 0.25) is 0 Å². The number of rotatable bonds is 6. The first-order valence-electron chi connectivity index (χ1n) is 11.1. The predicted molar refractivity (Wildman–Crippen MR) is 126 cm³/mol. The van der Waals surface area contributed by atoms with Crippen molar-refractivity contribution in [3.63, 3.8) is 0 Å². The Morgan fingerprint density at radius 2 is 1.85 bits per heavy atom. The highest BCUT2D eigenvalue weighted by Gasteiger charge is 2.39. The Labute approximate surface area is 199 Å². The number of hydrogen-bond acceptors (Lipinski definition) is 6. The zero-order chi connectivity index (χ0) is 25.6. The number of aryl methyl sites for hydroxylation is 2. The lowest BCUT2D eigenvalue weighted by Gasteiger charge is -2.43. The molecule has 0 saturated heterocycles. The van der Waals surface area contributed by atoms with Gasteiger partial charge in [0.1, 0.15) is 17.0 Å². The van der Waals surface area contributed by atoms with Gasteiger partial charge in [0.15, 0.2) is 0 Å². The Morgan fingerprint density at radius 3 is 2.38 bits per heavy atom. The Hall–Kier alpha value is -2.43. The highest BCUT2D eigenvalue weighted by atomic mass is 32.1. The number of ether oxygens (including phenoxy) is 1. The third-order valence-electron chi connectivity index (χ3n) is 5.69. The molecule has 2 aromatic heterocycles. The molecular formula is C23H30F3N3O4S. The molecule has 1 aliphatic carbocycles. The number of fused-ring (bicyclic) bond motifs is 1. The van der Waals surface area contributed by atoms with E-state index in [4.69, 9.17) is 4.74 Å². The molecule has 11 heteroatoms. The number of alkyl halides is 3. The van der Waals surface area contributed by atoms with E-state index in [-0.39, 0.29) is 28.2 Å². The van der Waals surface area contributed by atoms with E-state index in [1.54, 1.807) is 27.7 Å². The third kappa shape index (κ3) is 5.79. The van der Waals surface area contributed by atoms with Gasteiger partial charge in [-0.3, -0.25) is 23.7 Å². The molecule has 1 aliphatic rings. The molecule has 1 fully saturated rings. The number of carbonyl (C=O) groups excluding carboxylic acids is 1. The van der Waals surface area contributed by atoms with E-state index in [0.29, 0.717) is 23.3 Å². The fourth-order valence-electron chi connectivity index (χ4n) is 4.24. The maximum atomic E-state index is 13.3. The molecule has 34 heavy (non-hydrogen) atoms. The molecule has 7 nitrogen and oxygen atoms in total. The third-order valence-corrected chi connectivity index (χ3v) is 6.94. The van der Waals surface area contributed by atoms with Crippen LogP contribution >= 0.6 is 11.3 Å². The van der Waals surface area contributed by atoms with Crippen LogP contribution in [-0.4, -0.2) is 39.6 Å². The normalized spacial score (nSPS) is 16.9. The minimum atomic E-state index is -4.45. The number of halogens is 3. The molecule has 1 saturated carbocycles. The fraction of sp³-hybridized carbons (Fsp3) is 0.652. The minimum absolute atomic E-state index is 0.0362. The summed E-state index contributed by atoms with van der Waals surface area (Å²) in [6.07, 6.45) is -3.04. The van der Waals surface area contributed by atoms with Gasteiger partial charge in [0.25, 0.3) is 5.56 Å². The van der Waals surface area contributed by atoms with Crippen molar-refractivity contribution in [2.45, 2.75) is 85.2 Å². The minimum Gasteiger partial charge on any atom is -0.459 e. The van der Waals surface area contributed by atoms with Crippen molar-refractivity contribution < 1.29 is 22.7 Å². The van der Waals surface area contributed by atoms with Crippen LogP contribution in [0.5, 0.6) is 0 Å². The zero-order valence-electron chi connectivity index (χ0n) is 20.2. The van der Waals surface area contributed by atoms with E-state index in [1.807, 2.05) is 13.8 Å². The smallest absolute Gasteiger partial charge is 0.390 e. The van der Waals surface area contributed by atoms with E-state index in [2.05, 4.69) is 4.99 Å². The Bertz CT molecular complexity index is 1240. The summed E-state index contributed by atoms with van der Waals surface area (Å²) in [5.74, 6) is -0.528. The molecule has 188 valence electrons. The van der Waals surface area contributed by atoms with Gasteiger partial charge in [-0.05, 0) is 51.5 Å². The lowest BCUT2D eigenvalue weighted by molar-refractivity contribution is -0.152. The summed E-state index contributed by atoms with van der Waals surface area (Å²) < 4.78 is 46.3. The van der Waals surface area contributed by atoms with Crippen LogP contribution in [0, 0.1) is 12.3 Å². The van der Waals surface area contributed by atoms with Crippen molar-refractivity contribution in [2.75, 3.05) is 6.54 Å². The Morgan fingerprint density at radius 1 is 1.24 bits per heavy atom. The maximum Gasteiger partial charge on any atom is 0.390 e. The number of nitrogens with zero attached hydrogens (tertiary/aromatic N) is 3. The fourth-order valence-corrected chi connectivity index (χ4v) is 5.45. The lowest BCUT2D eigenvalue weighted by atomic mass is 9.68. The van der Waals surface area contributed by atoms with Crippen LogP contribution < -0.4 is 11.2 Å². The van der Waals surface area contributed by atoms with Crippen LogP contribution in [0.3, 0.4) is 0 Å². The molecule has 0 atom stereocenters. The van der Waals surface area contributed by atoms with Gasteiger partial charge in [-0.15, -0.1) is 11.3 Å². The second-order valence-electron chi connectivity index (χ2n) is 10.5. The van der Waals surface area contributed by atoms with Crippen molar-refractivity contribution in [3.8, 4) is 0 Å². The largest absolute Gasteiger partial charge is 0.459 e. The Kier molecular flexibility index (Phi) is 6.91. The second-order valence-corrected chi connectivity index (χ2v) is 11.6. The number of hydrogen-bond donors (Lipinski definition) is 0. The van der Waals surface area contributed by atoms with Crippen molar-refractivity contribution in [3.05, 3.63) is 31.3 Å². The van der Waals surface area contributed by atoms with Gasteiger partial charge in [-0.25, -0.2) is 4.79 Å².